The van der Waals surface area contributed by atoms with Crippen molar-refractivity contribution in [1.29, 1.82) is 0 Å². The molecular formula is C18H13N3O4S. The van der Waals surface area contributed by atoms with Crippen LogP contribution < -0.4 is 9.46 Å². The number of nitrogens with zero attached hydrogens (tertiary/aromatic N) is 2. The minimum absolute atomic E-state index is 0.0224. The SMILES string of the molecule is O=S(=O)(Nc1ccccc1Oc1ccccc1)c1cccc2nonc12. The Kier molecular flexibility index (Phi) is 4.02. The molecule has 0 spiro atoms. The summed E-state index contributed by atoms with van der Waals surface area (Å²) < 4.78 is 38.7. The number of hydrogen-bond donors (Lipinski definition) is 1. The van der Waals surface area contributed by atoms with Gasteiger partial charge in [-0.05, 0) is 46.7 Å². The van der Waals surface area contributed by atoms with Gasteiger partial charge in [0.15, 0.2) is 11.3 Å². The molecule has 1 N–H and O–H groups in total. The van der Waals surface area contributed by atoms with E-state index in [1.165, 1.54) is 6.07 Å². The van der Waals surface area contributed by atoms with E-state index in [-0.39, 0.29) is 10.4 Å². The first-order valence-electron chi connectivity index (χ1n) is 7.69. The second kappa shape index (κ2) is 6.49. The van der Waals surface area contributed by atoms with Crippen LogP contribution >= 0.6 is 0 Å². The van der Waals surface area contributed by atoms with Crippen LogP contribution in [-0.4, -0.2) is 18.7 Å². The molecule has 0 aliphatic rings. The van der Waals surface area contributed by atoms with Gasteiger partial charge < -0.3 is 4.74 Å². The van der Waals surface area contributed by atoms with Crippen molar-refractivity contribution in [3.05, 3.63) is 72.8 Å². The summed E-state index contributed by atoms with van der Waals surface area (Å²) in [6.07, 6.45) is 0. The van der Waals surface area contributed by atoms with E-state index in [2.05, 4.69) is 19.7 Å². The van der Waals surface area contributed by atoms with Gasteiger partial charge in [0.25, 0.3) is 10.0 Å². The molecule has 0 fully saturated rings. The number of rotatable bonds is 5. The van der Waals surface area contributed by atoms with Gasteiger partial charge in [-0.15, -0.1) is 0 Å². The lowest BCUT2D eigenvalue weighted by Gasteiger charge is -2.13. The fourth-order valence-corrected chi connectivity index (χ4v) is 3.68. The molecular weight excluding hydrogens is 354 g/mol. The molecule has 0 radical (unpaired) electrons. The second-order valence-corrected chi connectivity index (χ2v) is 7.06. The summed E-state index contributed by atoms with van der Waals surface area (Å²) in [6.45, 7) is 0. The van der Waals surface area contributed by atoms with Crippen LogP contribution in [0.4, 0.5) is 5.69 Å². The lowest BCUT2D eigenvalue weighted by molar-refractivity contribution is 0.315. The third-order valence-corrected chi connectivity index (χ3v) is 5.04. The summed E-state index contributed by atoms with van der Waals surface area (Å²) in [7, 11) is -3.92. The van der Waals surface area contributed by atoms with Crippen LogP contribution in [0, 0.1) is 0 Å². The van der Waals surface area contributed by atoms with Crippen LogP contribution in [0.5, 0.6) is 11.5 Å². The van der Waals surface area contributed by atoms with Gasteiger partial charge in [-0.2, -0.15) is 0 Å². The predicted molar refractivity (Wildman–Crippen MR) is 95.6 cm³/mol. The maximum Gasteiger partial charge on any atom is 0.264 e. The molecule has 0 aliphatic carbocycles. The zero-order valence-corrected chi connectivity index (χ0v) is 14.2. The van der Waals surface area contributed by atoms with Crippen LogP contribution in [0.1, 0.15) is 0 Å². The number of sulfonamides is 1. The normalized spacial score (nSPS) is 11.4. The Morgan fingerprint density at radius 3 is 2.46 bits per heavy atom. The highest BCUT2D eigenvalue weighted by Gasteiger charge is 2.21. The molecule has 0 amide bonds. The minimum Gasteiger partial charge on any atom is -0.455 e. The lowest BCUT2D eigenvalue weighted by Crippen LogP contribution is -2.14. The van der Waals surface area contributed by atoms with Crippen molar-refractivity contribution in [2.45, 2.75) is 4.90 Å². The Morgan fingerprint density at radius 1 is 0.846 bits per heavy atom. The minimum atomic E-state index is -3.92. The summed E-state index contributed by atoms with van der Waals surface area (Å²) in [5.74, 6) is 0.981. The van der Waals surface area contributed by atoms with Crippen LogP contribution in [0.2, 0.25) is 0 Å². The van der Waals surface area contributed by atoms with Gasteiger partial charge >= 0.3 is 0 Å². The largest absolute Gasteiger partial charge is 0.455 e. The van der Waals surface area contributed by atoms with Crippen molar-refractivity contribution < 1.29 is 17.8 Å². The van der Waals surface area contributed by atoms with Crippen molar-refractivity contribution in [2.24, 2.45) is 0 Å². The standard InChI is InChI=1S/C18H13N3O4S/c22-26(23,17-12-6-10-15-18(17)20-25-19-15)21-14-9-4-5-11-16(14)24-13-7-2-1-3-8-13/h1-12,21H. The van der Waals surface area contributed by atoms with E-state index in [1.807, 2.05) is 18.2 Å². The van der Waals surface area contributed by atoms with Gasteiger partial charge in [0, 0.05) is 0 Å². The number of benzene rings is 3. The van der Waals surface area contributed by atoms with E-state index >= 15 is 0 Å². The summed E-state index contributed by atoms with van der Waals surface area (Å²) >= 11 is 0. The maximum atomic E-state index is 12.8. The number of aromatic nitrogens is 2. The Morgan fingerprint density at radius 2 is 1.62 bits per heavy atom. The van der Waals surface area contributed by atoms with Gasteiger partial charge in [-0.1, -0.05) is 36.4 Å². The summed E-state index contributed by atoms with van der Waals surface area (Å²) in [6, 6.07) is 20.5. The zero-order chi connectivity index (χ0) is 18.0. The molecule has 4 rings (SSSR count). The predicted octanol–water partition coefficient (Wildman–Crippen LogP) is 3.82. The highest BCUT2D eigenvalue weighted by molar-refractivity contribution is 7.93. The highest BCUT2D eigenvalue weighted by atomic mass is 32.2. The Balaban J connectivity index is 1.70. The molecule has 0 aliphatic heterocycles. The number of nitrogens with one attached hydrogen (secondary N) is 1. The first kappa shape index (κ1) is 16.1. The Labute approximate surface area is 149 Å². The highest BCUT2D eigenvalue weighted by Crippen LogP contribution is 2.31. The fraction of sp³-hybridized carbons (Fsp3) is 0. The van der Waals surface area contributed by atoms with Gasteiger partial charge in [-0.3, -0.25) is 4.72 Å². The van der Waals surface area contributed by atoms with E-state index in [1.54, 1.807) is 48.5 Å². The fourth-order valence-electron chi connectivity index (χ4n) is 2.45. The first-order valence-corrected chi connectivity index (χ1v) is 9.18. The molecule has 0 saturated heterocycles. The number of hydrogen-bond acceptors (Lipinski definition) is 6. The topological polar surface area (TPSA) is 94.3 Å². The third-order valence-electron chi connectivity index (χ3n) is 3.64. The van der Waals surface area contributed by atoms with Crippen LogP contribution in [0.15, 0.2) is 82.3 Å². The first-order chi connectivity index (χ1) is 12.6. The van der Waals surface area contributed by atoms with Gasteiger partial charge in [0.05, 0.1) is 5.69 Å². The molecule has 0 unspecified atom stereocenters. The second-order valence-electron chi connectivity index (χ2n) is 5.40. The molecule has 130 valence electrons. The van der Waals surface area contributed by atoms with E-state index in [9.17, 15) is 8.42 Å². The average molecular weight is 367 g/mol. The quantitative estimate of drug-likeness (QED) is 0.576. The van der Waals surface area contributed by atoms with Gasteiger partial charge in [0.2, 0.25) is 0 Å². The number of fused-ring (bicyclic) bond motifs is 1. The van der Waals surface area contributed by atoms with Crippen molar-refractivity contribution >= 4 is 26.7 Å². The van der Waals surface area contributed by atoms with E-state index in [0.29, 0.717) is 22.7 Å². The molecule has 0 bridgehead atoms. The summed E-state index contributed by atoms with van der Waals surface area (Å²) in [5, 5.41) is 7.35. The maximum absolute atomic E-state index is 12.8. The van der Waals surface area contributed by atoms with E-state index in [0.717, 1.165) is 0 Å². The van der Waals surface area contributed by atoms with Crippen molar-refractivity contribution in [3.63, 3.8) is 0 Å². The molecule has 26 heavy (non-hydrogen) atoms. The van der Waals surface area contributed by atoms with Gasteiger partial charge in [0.1, 0.15) is 16.2 Å². The van der Waals surface area contributed by atoms with Crippen molar-refractivity contribution in [1.82, 2.24) is 10.3 Å². The molecule has 1 heterocycles. The van der Waals surface area contributed by atoms with Gasteiger partial charge in [-0.25, -0.2) is 13.0 Å². The monoisotopic (exact) mass is 367 g/mol. The molecule has 4 aromatic rings. The molecule has 7 nitrogen and oxygen atoms in total. The van der Waals surface area contributed by atoms with E-state index in [4.69, 9.17) is 4.74 Å². The third kappa shape index (κ3) is 3.09. The van der Waals surface area contributed by atoms with E-state index < -0.39 is 10.0 Å². The number of anilines is 1. The Bertz CT molecular complexity index is 1160. The molecule has 0 atom stereocenters. The molecule has 3 aromatic carbocycles. The van der Waals surface area contributed by atoms with Crippen LogP contribution in [-0.2, 0) is 10.0 Å². The summed E-state index contributed by atoms with van der Waals surface area (Å²) in [5.41, 5.74) is 0.841. The molecule has 8 heteroatoms. The molecule has 0 saturated carbocycles. The van der Waals surface area contributed by atoms with Crippen LogP contribution in [0.3, 0.4) is 0 Å². The summed E-state index contributed by atoms with van der Waals surface area (Å²) in [4.78, 5) is -0.0224. The van der Waals surface area contributed by atoms with Crippen molar-refractivity contribution in [2.75, 3.05) is 4.72 Å². The zero-order valence-electron chi connectivity index (χ0n) is 13.4. The lowest BCUT2D eigenvalue weighted by atomic mass is 10.3. The van der Waals surface area contributed by atoms with Crippen molar-refractivity contribution in [3.8, 4) is 11.5 Å². The Hall–Kier alpha value is -3.39. The smallest absolute Gasteiger partial charge is 0.264 e. The average Bonchev–Trinajstić information content (AvgIpc) is 3.12. The molecule has 1 aromatic heterocycles. The number of para-hydroxylation sites is 3. The van der Waals surface area contributed by atoms with Crippen LogP contribution in [0.25, 0.3) is 11.0 Å². The number of ether oxygens (including phenoxy) is 1.